The Bertz CT molecular complexity index is 1010. The molecule has 4 heterocycles. The fourth-order valence-corrected chi connectivity index (χ4v) is 5.68. The van der Waals surface area contributed by atoms with Crippen LogP contribution in [0.15, 0.2) is 28.4 Å². The van der Waals surface area contributed by atoms with Gasteiger partial charge < -0.3 is 24.6 Å². The fourth-order valence-electron chi connectivity index (χ4n) is 4.60. The molecule has 3 fully saturated rings. The Balaban J connectivity index is 1.27. The third-order valence-corrected chi connectivity index (χ3v) is 8.25. The molecule has 5 rings (SSSR count). The van der Waals surface area contributed by atoms with E-state index in [1.54, 1.807) is 18.5 Å². The number of piperidine rings is 1. The Morgan fingerprint density at radius 3 is 2.73 bits per heavy atom. The molecule has 10 heteroatoms. The van der Waals surface area contributed by atoms with E-state index in [1.165, 1.54) is 11.8 Å². The van der Waals surface area contributed by atoms with Gasteiger partial charge in [-0.2, -0.15) is 0 Å². The molecule has 0 unspecified atom stereocenters. The van der Waals surface area contributed by atoms with Crippen LogP contribution in [-0.4, -0.2) is 63.2 Å². The van der Waals surface area contributed by atoms with Crippen molar-refractivity contribution in [2.45, 2.75) is 67.3 Å². The first kappa shape index (κ1) is 23.1. The van der Waals surface area contributed by atoms with Gasteiger partial charge in [-0.05, 0) is 50.5 Å². The highest BCUT2D eigenvalue weighted by Gasteiger charge is 2.42. The summed E-state index contributed by atoms with van der Waals surface area (Å²) in [6, 6.07) is 1.79. The molecule has 0 radical (unpaired) electrons. The van der Waals surface area contributed by atoms with Crippen molar-refractivity contribution >= 4 is 29.2 Å². The SMILES string of the molecule is C[C@H]1CC2(CCN(c3ncc(Sc4ccnc(OCC5(O)CC5)c4Cl)nc3CO)CC2)CO1. The van der Waals surface area contributed by atoms with Crippen LogP contribution in [0.5, 0.6) is 5.88 Å². The number of halogens is 1. The summed E-state index contributed by atoms with van der Waals surface area (Å²) in [5.41, 5.74) is 0.0957. The van der Waals surface area contributed by atoms with Crippen LogP contribution < -0.4 is 9.64 Å². The third-order valence-electron chi connectivity index (χ3n) is 6.81. The topological polar surface area (TPSA) is 101 Å². The molecule has 2 N–H and O–H groups in total. The molecule has 3 aliphatic rings. The Labute approximate surface area is 202 Å². The molecule has 0 amide bonds. The Morgan fingerprint density at radius 1 is 1.27 bits per heavy atom. The molecule has 2 aromatic heterocycles. The number of nitrogens with zero attached hydrogens (tertiary/aromatic N) is 4. The van der Waals surface area contributed by atoms with Crippen LogP contribution in [0.4, 0.5) is 5.82 Å². The molecule has 178 valence electrons. The molecule has 0 bridgehead atoms. The minimum atomic E-state index is -0.747. The lowest BCUT2D eigenvalue weighted by Gasteiger charge is -2.39. The first-order chi connectivity index (χ1) is 15.9. The fraction of sp³-hybridized carbons (Fsp3) is 0.609. The number of aliphatic hydroxyl groups is 2. The quantitative estimate of drug-likeness (QED) is 0.601. The number of aromatic nitrogens is 3. The minimum Gasteiger partial charge on any atom is -0.474 e. The van der Waals surface area contributed by atoms with Gasteiger partial charge in [-0.25, -0.2) is 15.0 Å². The number of hydrogen-bond donors (Lipinski definition) is 2. The molecule has 1 atom stereocenters. The van der Waals surface area contributed by atoms with E-state index in [9.17, 15) is 10.2 Å². The first-order valence-electron chi connectivity index (χ1n) is 11.4. The average molecular weight is 493 g/mol. The second kappa shape index (κ2) is 9.19. The molecule has 1 spiro atoms. The lowest BCUT2D eigenvalue weighted by Crippen LogP contribution is -2.41. The lowest BCUT2D eigenvalue weighted by atomic mass is 9.77. The van der Waals surface area contributed by atoms with Crippen molar-refractivity contribution in [1.82, 2.24) is 15.0 Å². The van der Waals surface area contributed by atoms with Gasteiger partial charge in [0, 0.05) is 24.2 Å². The lowest BCUT2D eigenvalue weighted by molar-refractivity contribution is 0.0833. The van der Waals surface area contributed by atoms with Crippen molar-refractivity contribution in [3.63, 3.8) is 0 Å². The number of anilines is 1. The molecule has 2 saturated heterocycles. The van der Waals surface area contributed by atoms with Crippen molar-refractivity contribution in [3.8, 4) is 5.88 Å². The summed E-state index contributed by atoms with van der Waals surface area (Å²) in [6.45, 7) is 4.75. The van der Waals surface area contributed by atoms with E-state index in [4.69, 9.17) is 21.1 Å². The van der Waals surface area contributed by atoms with Crippen LogP contribution in [0.25, 0.3) is 0 Å². The summed E-state index contributed by atoms with van der Waals surface area (Å²) >= 11 is 7.84. The molecular formula is C23H29ClN4O4S. The maximum atomic E-state index is 9.99. The van der Waals surface area contributed by atoms with Crippen LogP contribution in [0.2, 0.25) is 5.02 Å². The molecule has 2 aliphatic heterocycles. The molecule has 1 saturated carbocycles. The highest BCUT2D eigenvalue weighted by molar-refractivity contribution is 7.99. The summed E-state index contributed by atoms with van der Waals surface area (Å²) in [7, 11) is 0. The number of rotatable bonds is 7. The predicted molar refractivity (Wildman–Crippen MR) is 125 cm³/mol. The van der Waals surface area contributed by atoms with Crippen LogP contribution in [0.1, 0.15) is 44.7 Å². The van der Waals surface area contributed by atoms with Crippen molar-refractivity contribution in [3.05, 3.63) is 29.2 Å². The van der Waals surface area contributed by atoms with Crippen LogP contribution in [-0.2, 0) is 11.3 Å². The van der Waals surface area contributed by atoms with Crippen LogP contribution in [0, 0.1) is 5.41 Å². The van der Waals surface area contributed by atoms with E-state index in [0.717, 1.165) is 62.5 Å². The zero-order valence-electron chi connectivity index (χ0n) is 18.7. The summed E-state index contributed by atoms with van der Waals surface area (Å²) < 4.78 is 11.5. The highest BCUT2D eigenvalue weighted by Crippen LogP contribution is 2.43. The van der Waals surface area contributed by atoms with Crippen LogP contribution >= 0.6 is 23.4 Å². The van der Waals surface area contributed by atoms with Gasteiger partial charge in [-0.3, -0.25) is 0 Å². The smallest absolute Gasteiger partial charge is 0.233 e. The van der Waals surface area contributed by atoms with Crippen molar-refractivity contribution in [2.75, 3.05) is 31.2 Å². The summed E-state index contributed by atoms with van der Waals surface area (Å²) in [6.07, 6.45) is 8.37. The zero-order valence-corrected chi connectivity index (χ0v) is 20.2. The largest absolute Gasteiger partial charge is 0.474 e. The standard InChI is InChI=1S/C23H29ClN4O4S/c1-15-10-22(13-31-15)5-8-28(9-6-22)20-16(12-29)27-18(11-26-20)33-17-2-7-25-21(19(17)24)32-14-23(30)3-4-23/h2,7,11,15,29-30H,3-6,8-10,12-14H2,1H3/t15-/m0/s1. The first-order valence-corrected chi connectivity index (χ1v) is 12.6. The maximum Gasteiger partial charge on any atom is 0.233 e. The van der Waals surface area contributed by atoms with E-state index in [-0.39, 0.29) is 18.6 Å². The van der Waals surface area contributed by atoms with Gasteiger partial charge in [-0.1, -0.05) is 23.4 Å². The van der Waals surface area contributed by atoms with E-state index in [2.05, 4.69) is 26.8 Å². The van der Waals surface area contributed by atoms with Crippen molar-refractivity contribution in [2.24, 2.45) is 5.41 Å². The van der Waals surface area contributed by atoms with E-state index in [0.29, 0.717) is 27.7 Å². The molecular weight excluding hydrogens is 464 g/mol. The number of ether oxygens (including phenoxy) is 2. The normalized spacial score (nSPS) is 23.2. The molecule has 0 aromatic carbocycles. The Kier molecular flexibility index (Phi) is 6.43. The Hall–Kier alpha value is -1.65. The highest BCUT2D eigenvalue weighted by atomic mass is 35.5. The van der Waals surface area contributed by atoms with Gasteiger partial charge in [0.1, 0.15) is 22.3 Å². The summed E-state index contributed by atoms with van der Waals surface area (Å²) in [4.78, 5) is 16.4. The monoisotopic (exact) mass is 492 g/mol. The molecule has 8 nitrogen and oxygen atoms in total. The second-order valence-electron chi connectivity index (χ2n) is 9.49. The predicted octanol–water partition coefficient (Wildman–Crippen LogP) is 3.47. The van der Waals surface area contributed by atoms with Crippen LogP contribution in [0.3, 0.4) is 0 Å². The molecule has 1 aliphatic carbocycles. The third kappa shape index (κ3) is 5.07. The minimum absolute atomic E-state index is 0.180. The summed E-state index contributed by atoms with van der Waals surface area (Å²) in [5.74, 6) is 1.03. The zero-order chi connectivity index (χ0) is 23.1. The van der Waals surface area contributed by atoms with Gasteiger partial charge in [0.15, 0.2) is 5.82 Å². The van der Waals surface area contributed by atoms with Gasteiger partial charge >= 0.3 is 0 Å². The van der Waals surface area contributed by atoms with Gasteiger partial charge in [0.25, 0.3) is 0 Å². The second-order valence-corrected chi connectivity index (χ2v) is 10.9. The van der Waals surface area contributed by atoms with E-state index < -0.39 is 5.60 Å². The molecule has 33 heavy (non-hydrogen) atoms. The van der Waals surface area contributed by atoms with Gasteiger partial charge in [0.2, 0.25) is 5.88 Å². The van der Waals surface area contributed by atoms with Crippen molar-refractivity contribution < 1.29 is 19.7 Å². The number of hydrogen-bond acceptors (Lipinski definition) is 9. The molecule has 2 aromatic rings. The van der Waals surface area contributed by atoms with Gasteiger partial charge in [0.05, 0.1) is 31.1 Å². The maximum absolute atomic E-state index is 9.99. The van der Waals surface area contributed by atoms with Gasteiger partial charge in [-0.15, -0.1) is 0 Å². The number of pyridine rings is 1. The van der Waals surface area contributed by atoms with E-state index in [1.807, 2.05) is 0 Å². The number of aliphatic hydroxyl groups excluding tert-OH is 1. The average Bonchev–Trinajstić information content (AvgIpc) is 3.45. The Morgan fingerprint density at radius 2 is 2.06 bits per heavy atom. The van der Waals surface area contributed by atoms with Crippen molar-refractivity contribution in [1.29, 1.82) is 0 Å². The van der Waals surface area contributed by atoms with E-state index >= 15 is 0 Å². The summed E-state index contributed by atoms with van der Waals surface area (Å²) in [5, 5.41) is 21.0.